The van der Waals surface area contributed by atoms with Gasteiger partial charge in [0.2, 0.25) is 0 Å². The first-order valence-corrected chi connectivity index (χ1v) is 16.1. The zero-order valence-electron chi connectivity index (χ0n) is 25.0. The Morgan fingerprint density at radius 2 is 1.24 bits per heavy atom. The molecule has 0 unspecified atom stereocenters. The normalized spacial score (nSPS) is 16.2. The maximum atomic E-state index is 14.5. The fourth-order valence-corrected chi connectivity index (χ4v) is 9.67. The van der Waals surface area contributed by atoms with Crippen LogP contribution in [0.2, 0.25) is 0 Å². The molecule has 1 nitrogen and oxygen atoms in total. The van der Waals surface area contributed by atoms with Crippen molar-refractivity contribution in [2.24, 2.45) is 5.41 Å². The zero-order chi connectivity index (χ0) is 28.6. The van der Waals surface area contributed by atoms with Crippen LogP contribution in [-0.4, -0.2) is 5.52 Å². The third-order valence-electron chi connectivity index (χ3n) is 7.89. The fourth-order valence-electron chi connectivity index (χ4n) is 5.76. The third-order valence-corrected chi connectivity index (χ3v) is 11.9. The van der Waals surface area contributed by atoms with Crippen molar-refractivity contribution in [1.29, 1.82) is 0 Å². The largest absolute Gasteiger partial charge is 1.00 e. The van der Waals surface area contributed by atoms with Crippen LogP contribution in [0.15, 0.2) is 150 Å². The van der Waals surface area contributed by atoms with Gasteiger partial charge in [-0.1, -0.05) is 110 Å². The highest BCUT2D eigenvalue weighted by molar-refractivity contribution is 8.08. The van der Waals surface area contributed by atoms with E-state index >= 15 is 0 Å². The summed E-state index contributed by atoms with van der Waals surface area (Å²) in [6.07, 6.45) is 16.3. The molecule has 1 aliphatic rings. The number of carbonyl (C=O) groups excluding carboxylic acids is 1. The second kappa shape index (κ2) is 14.7. The summed E-state index contributed by atoms with van der Waals surface area (Å²) in [7, 11) is -2.58. The van der Waals surface area contributed by atoms with Crippen LogP contribution in [0.1, 0.15) is 53.9 Å². The van der Waals surface area contributed by atoms with Crippen molar-refractivity contribution in [1.82, 2.24) is 0 Å². The van der Waals surface area contributed by atoms with Crippen LogP contribution >= 0.6 is 7.26 Å². The molecular formula is C38H42BrOP. The smallest absolute Gasteiger partial charge is 0.306 e. The number of hydrogen-bond donors (Lipinski definition) is 0. The van der Waals surface area contributed by atoms with E-state index < -0.39 is 7.26 Å². The molecule has 0 amide bonds. The molecule has 0 spiro atoms. The van der Waals surface area contributed by atoms with Crippen molar-refractivity contribution >= 4 is 28.7 Å². The SMILES string of the molecule is CC1=C(/C=C/C(C)=C/C=C/C(C)=C/C(=O)[P+](c2ccccc2)(c2ccccc2)c2ccccc2)C(C)(C)CCC1.[Br-]. The third kappa shape index (κ3) is 7.62. The summed E-state index contributed by atoms with van der Waals surface area (Å²) in [5.41, 5.74) is 5.51. The minimum atomic E-state index is -2.58. The van der Waals surface area contributed by atoms with Crippen LogP contribution in [0.25, 0.3) is 0 Å². The molecule has 3 aromatic carbocycles. The predicted octanol–water partition coefficient (Wildman–Crippen LogP) is 6.04. The highest BCUT2D eigenvalue weighted by atomic mass is 79.9. The highest BCUT2D eigenvalue weighted by Crippen LogP contribution is 2.56. The maximum absolute atomic E-state index is 14.5. The van der Waals surface area contributed by atoms with E-state index in [1.165, 1.54) is 36.0 Å². The Kier molecular flexibility index (Phi) is 11.6. The van der Waals surface area contributed by atoms with Gasteiger partial charge in [0, 0.05) is 6.08 Å². The van der Waals surface area contributed by atoms with Crippen LogP contribution < -0.4 is 32.9 Å². The van der Waals surface area contributed by atoms with Crippen LogP contribution in [0.3, 0.4) is 0 Å². The molecule has 0 fully saturated rings. The van der Waals surface area contributed by atoms with E-state index in [0.29, 0.717) is 0 Å². The van der Waals surface area contributed by atoms with Crippen molar-refractivity contribution in [2.75, 3.05) is 0 Å². The Morgan fingerprint density at radius 1 is 0.756 bits per heavy atom. The molecule has 0 radical (unpaired) electrons. The molecule has 3 aromatic rings. The van der Waals surface area contributed by atoms with E-state index in [0.717, 1.165) is 21.5 Å². The first kappa shape index (κ1) is 32.5. The average Bonchev–Trinajstić information content (AvgIpc) is 2.94. The molecule has 0 saturated heterocycles. The topological polar surface area (TPSA) is 17.1 Å². The van der Waals surface area contributed by atoms with Crippen molar-refractivity contribution < 1.29 is 21.8 Å². The van der Waals surface area contributed by atoms with E-state index in [1.54, 1.807) is 0 Å². The van der Waals surface area contributed by atoms with Gasteiger partial charge < -0.3 is 17.0 Å². The molecule has 0 saturated carbocycles. The van der Waals surface area contributed by atoms with Crippen LogP contribution in [0.4, 0.5) is 0 Å². The summed E-state index contributed by atoms with van der Waals surface area (Å²) in [5.74, 6) is 0. The molecule has 0 atom stereocenters. The molecule has 41 heavy (non-hydrogen) atoms. The van der Waals surface area contributed by atoms with Crippen molar-refractivity contribution in [3.63, 3.8) is 0 Å². The highest BCUT2D eigenvalue weighted by Gasteiger charge is 2.52. The Balaban J connectivity index is 0.00000462. The second-order valence-electron chi connectivity index (χ2n) is 11.4. The van der Waals surface area contributed by atoms with E-state index in [-0.39, 0.29) is 27.9 Å². The Labute approximate surface area is 258 Å². The summed E-state index contributed by atoms with van der Waals surface area (Å²) >= 11 is 0. The monoisotopic (exact) mass is 624 g/mol. The lowest BCUT2D eigenvalue weighted by Crippen LogP contribution is -3.00. The van der Waals surface area contributed by atoms with Crippen molar-refractivity contribution in [3.05, 3.63) is 150 Å². The molecule has 0 heterocycles. The van der Waals surface area contributed by atoms with E-state index in [4.69, 9.17) is 0 Å². The number of benzene rings is 3. The molecule has 212 valence electrons. The van der Waals surface area contributed by atoms with Gasteiger partial charge in [-0.15, -0.1) is 0 Å². The lowest BCUT2D eigenvalue weighted by Gasteiger charge is -2.32. The molecule has 4 rings (SSSR count). The van der Waals surface area contributed by atoms with Gasteiger partial charge in [-0.2, -0.15) is 0 Å². The van der Waals surface area contributed by atoms with E-state index in [9.17, 15) is 4.79 Å². The Hall–Kier alpha value is -3.06. The summed E-state index contributed by atoms with van der Waals surface area (Å²) in [6.45, 7) is 11.1. The fraction of sp³-hybridized carbons (Fsp3) is 0.237. The first-order chi connectivity index (χ1) is 19.2. The lowest BCUT2D eigenvalue weighted by molar-refractivity contribution is -0.107. The van der Waals surface area contributed by atoms with Gasteiger partial charge in [-0.05, 0) is 93.0 Å². The van der Waals surface area contributed by atoms with Crippen molar-refractivity contribution in [3.8, 4) is 0 Å². The number of rotatable bonds is 9. The minimum Gasteiger partial charge on any atom is -1.00 e. The molecule has 0 bridgehead atoms. The molecule has 0 aliphatic heterocycles. The van der Waals surface area contributed by atoms with Gasteiger partial charge in [0.05, 0.1) is 0 Å². The van der Waals surface area contributed by atoms with Gasteiger partial charge in [0.15, 0.2) is 7.26 Å². The Bertz CT molecular complexity index is 1360. The van der Waals surface area contributed by atoms with Gasteiger partial charge in [-0.3, -0.25) is 0 Å². The zero-order valence-corrected chi connectivity index (χ0v) is 27.5. The molecule has 0 N–H and O–H groups in total. The number of halogens is 1. The average molecular weight is 626 g/mol. The molecule has 0 aromatic heterocycles. The number of hydrogen-bond acceptors (Lipinski definition) is 1. The van der Waals surface area contributed by atoms with Crippen molar-refractivity contribution in [2.45, 2.75) is 53.9 Å². The summed E-state index contributed by atoms with van der Waals surface area (Å²) in [6, 6.07) is 30.9. The first-order valence-electron chi connectivity index (χ1n) is 14.3. The van der Waals surface area contributed by atoms with Gasteiger partial charge in [0.1, 0.15) is 15.9 Å². The molecule has 1 aliphatic carbocycles. The van der Waals surface area contributed by atoms with E-state index in [2.05, 4.69) is 88.4 Å². The number of allylic oxidation sites excluding steroid dienone is 10. The molecular weight excluding hydrogens is 583 g/mol. The quantitative estimate of drug-likeness (QED) is 0.161. The second-order valence-corrected chi connectivity index (χ2v) is 14.8. The summed E-state index contributed by atoms with van der Waals surface area (Å²) < 4.78 is 0. The predicted molar refractivity (Wildman–Crippen MR) is 176 cm³/mol. The lowest BCUT2D eigenvalue weighted by atomic mass is 9.72. The van der Waals surface area contributed by atoms with Crippen LogP contribution in [-0.2, 0) is 4.79 Å². The van der Waals surface area contributed by atoms with Gasteiger partial charge in [-0.25, -0.2) is 4.79 Å². The summed E-state index contributed by atoms with van der Waals surface area (Å²) in [5, 5.41) is 3.21. The summed E-state index contributed by atoms with van der Waals surface area (Å²) in [4.78, 5) is 14.5. The van der Waals surface area contributed by atoms with Crippen LogP contribution in [0, 0.1) is 5.41 Å². The Morgan fingerprint density at radius 3 is 1.71 bits per heavy atom. The molecule has 3 heteroatoms. The number of carbonyl (C=O) groups is 1. The maximum Gasteiger partial charge on any atom is 0.306 e. The minimum absolute atomic E-state index is 0. The van der Waals surface area contributed by atoms with Gasteiger partial charge in [0.25, 0.3) is 0 Å². The van der Waals surface area contributed by atoms with Crippen LogP contribution in [0.5, 0.6) is 0 Å². The van der Waals surface area contributed by atoms with E-state index in [1.807, 2.05) is 73.7 Å². The standard InChI is InChI=1S/C38H42OP.BrH/c1-30(26-27-36-32(3)19-16-28-38(36,4)5)17-15-18-31(2)29-37(39)40(33-20-9-6-10-21-33,34-22-11-7-12-23-34)35-24-13-8-14-25-35;/h6-15,17-18,20-27,29H,16,19,28H2,1-5H3;1H/q+1;/p-1/b18-15+,27-26+,30-17+,31-29+;. The van der Waals surface area contributed by atoms with Gasteiger partial charge >= 0.3 is 5.52 Å².